The number of ether oxygens (including phenoxy) is 3. The minimum absolute atomic E-state index is 0.0610. The molecule has 0 saturated heterocycles. The fourth-order valence-electron chi connectivity index (χ4n) is 2.95. The molecule has 8 heteroatoms. The molecule has 1 aromatic carbocycles. The molecule has 0 aliphatic carbocycles. The Hall–Kier alpha value is -2.05. The molecule has 1 heterocycles. The molecule has 0 amide bonds. The third kappa shape index (κ3) is 4.75. The van der Waals surface area contributed by atoms with Crippen molar-refractivity contribution in [2.75, 3.05) is 13.2 Å². The van der Waals surface area contributed by atoms with Crippen LogP contribution in [0.2, 0.25) is 0 Å². The molecule has 0 bridgehead atoms. The summed E-state index contributed by atoms with van der Waals surface area (Å²) in [5.74, 6) is -1.59. The molecule has 1 aliphatic rings. The van der Waals surface area contributed by atoms with E-state index in [1.54, 1.807) is 44.2 Å². The lowest BCUT2D eigenvalue weighted by molar-refractivity contribution is -0.142. The van der Waals surface area contributed by atoms with Gasteiger partial charge in [0.25, 0.3) is 0 Å². The first-order valence-corrected chi connectivity index (χ1v) is 10.2. The van der Waals surface area contributed by atoms with Crippen LogP contribution < -0.4 is 0 Å². The van der Waals surface area contributed by atoms with Crippen molar-refractivity contribution >= 4 is 41.0 Å². The summed E-state index contributed by atoms with van der Waals surface area (Å²) in [6.45, 7) is 9.00. The van der Waals surface area contributed by atoms with Crippen LogP contribution in [-0.4, -0.2) is 41.4 Å². The SMILES string of the molecule is CCOC(=O)C1=C(C(=O)OCC)C(c2ccccc2)(C(Cl)Cl)OC1=NC(C)(C)C. The van der Waals surface area contributed by atoms with E-state index in [0.717, 1.165) is 0 Å². The van der Waals surface area contributed by atoms with Gasteiger partial charge in [-0.2, -0.15) is 0 Å². The Morgan fingerprint density at radius 2 is 1.62 bits per heavy atom. The van der Waals surface area contributed by atoms with Gasteiger partial charge in [-0.1, -0.05) is 30.3 Å². The van der Waals surface area contributed by atoms with Crippen LogP contribution in [0, 0.1) is 0 Å². The molecule has 1 aliphatic heterocycles. The van der Waals surface area contributed by atoms with E-state index in [1.807, 2.05) is 20.8 Å². The Bertz CT molecular complexity index is 827. The Balaban J connectivity index is 2.91. The van der Waals surface area contributed by atoms with Gasteiger partial charge in [-0.05, 0) is 34.6 Å². The Morgan fingerprint density at radius 1 is 1.07 bits per heavy atom. The molecule has 0 N–H and O–H groups in total. The van der Waals surface area contributed by atoms with Crippen LogP contribution in [-0.2, 0) is 29.4 Å². The predicted octanol–water partition coefficient (Wildman–Crippen LogP) is 4.34. The number of rotatable bonds is 6. The molecular formula is C21H25Cl2NO5. The Kier molecular flexibility index (Phi) is 7.35. The number of esters is 2. The number of halogens is 2. The van der Waals surface area contributed by atoms with Crippen LogP contribution in [0.25, 0.3) is 0 Å². The highest BCUT2D eigenvalue weighted by Gasteiger charge is 2.58. The first-order chi connectivity index (χ1) is 13.6. The molecule has 1 atom stereocenters. The van der Waals surface area contributed by atoms with Crippen molar-refractivity contribution in [1.82, 2.24) is 0 Å². The largest absolute Gasteiger partial charge is 0.462 e. The topological polar surface area (TPSA) is 74.2 Å². The van der Waals surface area contributed by atoms with Crippen LogP contribution >= 0.6 is 23.2 Å². The molecule has 0 aromatic heterocycles. The smallest absolute Gasteiger partial charge is 0.344 e. The maximum absolute atomic E-state index is 13.0. The maximum atomic E-state index is 13.0. The van der Waals surface area contributed by atoms with Crippen molar-refractivity contribution in [2.24, 2.45) is 4.99 Å². The van der Waals surface area contributed by atoms with Gasteiger partial charge in [0.1, 0.15) is 11.1 Å². The summed E-state index contributed by atoms with van der Waals surface area (Å²) in [5, 5.41) is 0. The van der Waals surface area contributed by atoms with Crippen molar-refractivity contribution in [3.05, 3.63) is 47.0 Å². The van der Waals surface area contributed by atoms with Crippen molar-refractivity contribution < 1.29 is 23.8 Å². The van der Waals surface area contributed by atoms with Gasteiger partial charge in [0.15, 0.2) is 10.4 Å². The van der Waals surface area contributed by atoms with E-state index in [2.05, 4.69) is 4.99 Å². The van der Waals surface area contributed by atoms with Crippen LogP contribution in [0.1, 0.15) is 40.2 Å². The highest BCUT2D eigenvalue weighted by molar-refractivity contribution is 6.46. The summed E-state index contributed by atoms with van der Waals surface area (Å²) < 4.78 is 16.6. The zero-order chi connectivity index (χ0) is 21.8. The van der Waals surface area contributed by atoms with Gasteiger partial charge in [-0.15, -0.1) is 23.2 Å². The van der Waals surface area contributed by atoms with Crippen molar-refractivity contribution in [2.45, 2.75) is 50.6 Å². The lowest BCUT2D eigenvalue weighted by atomic mass is 9.86. The summed E-state index contributed by atoms with van der Waals surface area (Å²) in [6, 6.07) is 8.72. The van der Waals surface area contributed by atoms with Crippen molar-refractivity contribution in [1.29, 1.82) is 0 Å². The highest BCUT2D eigenvalue weighted by atomic mass is 35.5. The van der Waals surface area contributed by atoms with Crippen LogP contribution in [0.5, 0.6) is 0 Å². The molecular weight excluding hydrogens is 417 g/mol. The summed E-state index contributed by atoms with van der Waals surface area (Å²) in [5.41, 5.74) is -2.06. The minimum atomic E-state index is -1.68. The average Bonchev–Trinajstić information content (AvgIpc) is 2.97. The average molecular weight is 442 g/mol. The number of carbonyl (C=O) groups excluding carboxylic acids is 2. The monoisotopic (exact) mass is 441 g/mol. The summed E-state index contributed by atoms with van der Waals surface area (Å²) in [4.78, 5) is 29.1. The minimum Gasteiger partial charge on any atom is -0.462 e. The molecule has 29 heavy (non-hydrogen) atoms. The molecule has 0 spiro atoms. The van der Waals surface area contributed by atoms with Gasteiger partial charge >= 0.3 is 11.9 Å². The van der Waals surface area contributed by atoms with Gasteiger partial charge in [-0.25, -0.2) is 14.6 Å². The molecule has 0 saturated carbocycles. The second-order valence-electron chi connectivity index (χ2n) is 7.28. The van der Waals surface area contributed by atoms with E-state index in [-0.39, 0.29) is 30.3 Å². The van der Waals surface area contributed by atoms with Gasteiger partial charge < -0.3 is 14.2 Å². The number of aliphatic imine (C=N–C) groups is 1. The van der Waals surface area contributed by atoms with Crippen LogP contribution in [0.15, 0.2) is 46.5 Å². The summed E-state index contributed by atoms with van der Waals surface area (Å²) in [7, 11) is 0. The molecule has 158 valence electrons. The number of hydrogen-bond acceptors (Lipinski definition) is 6. The maximum Gasteiger partial charge on any atom is 0.344 e. The molecule has 0 fully saturated rings. The van der Waals surface area contributed by atoms with E-state index < -0.39 is 27.9 Å². The van der Waals surface area contributed by atoms with E-state index in [1.165, 1.54) is 0 Å². The molecule has 0 radical (unpaired) electrons. The van der Waals surface area contributed by atoms with Crippen molar-refractivity contribution in [3.8, 4) is 0 Å². The normalized spacial score (nSPS) is 20.8. The van der Waals surface area contributed by atoms with E-state index in [9.17, 15) is 9.59 Å². The van der Waals surface area contributed by atoms with Crippen LogP contribution in [0.4, 0.5) is 0 Å². The van der Waals surface area contributed by atoms with Gasteiger partial charge in [-0.3, -0.25) is 0 Å². The number of nitrogens with zero attached hydrogens (tertiary/aromatic N) is 1. The fraction of sp³-hybridized carbons (Fsp3) is 0.476. The number of carbonyl (C=O) groups is 2. The first-order valence-electron chi connectivity index (χ1n) is 9.30. The first kappa shape index (κ1) is 23.2. The van der Waals surface area contributed by atoms with Crippen molar-refractivity contribution in [3.63, 3.8) is 0 Å². The zero-order valence-corrected chi connectivity index (χ0v) is 18.6. The number of hydrogen-bond donors (Lipinski definition) is 0. The second kappa shape index (κ2) is 9.18. The fourth-order valence-corrected chi connectivity index (χ4v) is 3.51. The number of benzene rings is 1. The second-order valence-corrected chi connectivity index (χ2v) is 8.38. The third-order valence-corrected chi connectivity index (χ3v) is 4.61. The summed E-state index contributed by atoms with van der Waals surface area (Å²) >= 11 is 12.8. The van der Waals surface area contributed by atoms with E-state index >= 15 is 0 Å². The van der Waals surface area contributed by atoms with Gasteiger partial charge in [0.2, 0.25) is 5.90 Å². The zero-order valence-electron chi connectivity index (χ0n) is 17.1. The van der Waals surface area contributed by atoms with E-state index in [4.69, 9.17) is 37.4 Å². The standard InChI is InChI=1S/C21H25Cl2NO5/c1-6-27-17(25)14-15(18(26)28-7-2)21(19(22)23,13-11-9-8-10-12-13)29-16(14)24-20(3,4)5/h8-12,19H,6-7H2,1-5H3. The number of alkyl halides is 2. The molecule has 1 unspecified atom stereocenters. The molecule has 1 aromatic rings. The van der Waals surface area contributed by atoms with Gasteiger partial charge in [0, 0.05) is 5.56 Å². The highest BCUT2D eigenvalue weighted by Crippen LogP contribution is 2.49. The van der Waals surface area contributed by atoms with E-state index in [0.29, 0.717) is 5.56 Å². The molecule has 6 nitrogen and oxygen atoms in total. The lowest BCUT2D eigenvalue weighted by Gasteiger charge is -2.32. The summed E-state index contributed by atoms with van der Waals surface area (Å²) in [6.07, 6.45) is 0. The quantitative estimate of drug-likeness (QED) is 0.484. The van der Waals surface area contributed by atoms with Crippen LogP contribution in [0.3, 0.4) is 0 Å². The van der Waals surface area contributed by atoms with Gasteiger partial charge in [0.05, 0.1) is 18.8 Å². The molecule has 2 rings (SSSR count). The lowest BCUT2D eigenvalue weighted by Crippen LogP contribution is -2.39. The Labute approximate surface area is 180 Å². The predicted molar refractivity (Wildman–Crippen MR) is 112 cm³/mol. The Morgan fingerprint density at radius 3 is 2.10 bits per heavy atom. The third-order valence-electron chi connectivity index (χ3n) is 4.00.